The molecule has 1 rings (SSSR count). The Morgan fingerprint density at radius 3 is 2.75 bits per heavy atom. The molecule has 0 radical (unpaired) electrons. The van der Waals surface area contributed by atoms with Crippen molar-refractivity contribution in [1.82, 2.24) is 10.3 Å². The Morgan fingerprint density at radius 1 is 1.38 bits per heavy atom. The Morgan fingerprint density at radius 2 is 2.12 bits per heavy atom. The van der Waals surface area contributed by atoms with Gasteiger partial charge < -0.3 is 5.32 Å². The number of nitrogens with zero attached hydrogens (tertiary/aromatic N) is 1. The Balaban J connectivity index is 2.70. The van der Waals surface area contributed by atoms with E-state index in [1.807, 2.05) is 18.0 Å². The summed E-state index contributed by atoms with van der Waals surface area (Å²) in [5, 5.41) is 5.19. The number of aromatic nitrogens is 1. The van der Waals surface area contributed by atoms with Gasteiger partial charge in [0, 0.05) is 17.5 Å². The molecular formula is C13H22N2S. The second-order valence-electron chi connectivity index (χ2n) is 4.04. The predicted octanol–water partition coefficient (Wildman–Crippen LogP) is 3.64. The fourth-order valence-electron chi connectivity index (χ4n) is 1.47. The van der Waals surface area contributed by atoms with E-state index in [-0.39, 0.29) is 0 Å². The summed E-state index contributed by atoms with van der Waals surface area (Å²) < 4.78 is 0. The normalized spacial score (nSPS) is 14.8. The second-order valence-corrected chi connectivity index (χ2v) is 5.50. The molecule has 3 heteroatoms. The average molecular weight is 238 g/mol. The van der Waals surface area contributed by atoms with Gasteiger partial charge in [0.05, 0.1) is 5.03 Å². The molecule has 90 valence electrons. The van der Waals surface area contributed by atoms with Gasteiger partial charge in [0.15, 0.2) is 0 Å². The smallest absolute Gasteiger partial charge is 0.0965 e. The van der Waals surface area contributed by atoms with E-state index in [9.17, 15) is 0 Å². The molecule has 16 heavy (non-hydrogen) atoms. The Bertz CT molecular complexity index is 315. The van der Waals surface area contributed by atoms with Gasteiger partial charge in [-0.1, -0.05) is 20.8 Å². The highest BCUT2D eigenvalue weighted by molar-refractivity contribution is 7.99. The molecule has 0 amide bonds. The van der Waals surface area contributed by atoms with Crippen LogP contribution in [-0.4, -0.2) is 16.8 Å². The second kappa shape index (κ2) is 6.92. The zero-order chi connectivity index (χ0) is 12.0. The van der Waals surface area contributed by atoms with Crippen molar-refractivity contribution in [2.24, 2.45) is 0 Å². The van der Waals surface area contributed by atoms with Crippen molar-refractivity contribution in [1.29, 1.82) is 0 Å². The van der Waals surface area contributed by atoms with Crippen molar-refractivity contribution < 1.29 is 0 Å². The van der Waals surface area contributed by atoms with Crippen LogP contribution in [0.2, 0.25) is 0 Å². The van der Waals surface area contributed by atoms with Crippen LogP contribution >= 0.6 is 11.8 Å². The molecule has 0 saturated carbocycles. The van der Waals surface area contributed by atoms with Crippen LogP contribution in [0, 0.1) is 0 Å². The van der Waals surface area contributed by atoms with Gasteiger partial charge in [0.1, 0.15) is 0 Å². The maximum atomic E-state index is 4.41. The van der Waals surface area contributed by atoms with Crippen LogP contribution in [-0.2, 0) is 0 Å². The van der Waals surface area contributed by atoms with Crippen molar-refractivity contribution in [2.75, 3.05) is 6.54 Å². The minimum Gasteiger partial charge on any atom is -0.310 e. The molecule has 0 aliphatic heterocycles. The third kappa shape index (κ3) is 4.14. The van der Waals surface area contributed by atoms with E-state index in [0.29, 0.717) is 11.3 Å². The fourth-order valence-corrected chi connectivity index (χ4v) is 2.38. The first-order valence-electron chi connectivity index (χ1n) is 6.03. The zero-order valence-corrected chi connectivity index (χ0v) is 11.5. The van der Waals surface area contributed by atoms with E-state index in [1.54, 1.807) is 0 Å². The van der Waals surface area contributed by atoms with Crippen LogP contribution in [0.25, 0.3) is 0 Å². The van der Waals surface area contributed by atoms with Crippen LogP contribution < -0.4 is 5.32 Å². The Hall–Kier alpha value is -0.540. The topological polar surface area (TPSA) is 24.9 Å². The maximum Gasteiger partial charge on any atom is 0.0965 e. The molecule has 1 N–H and O–H groups in total. The van der Waals surface area contributed by atoms with Crippen LogP contribution in [0.1, 0.15) is 45.7 Å². The molecule has 0 aliphatic carbocycles. The summed E-state index contributed by atoms with van der Waals surface area (Å²) in [6.45, 7) is 9.77. The first-order chi connectivity index (χ1) is 7.67. The lowest BCUT2D eigenvalue weighted by Crippen LogP contribution is -2.17. The minimum absolute atomic E-state index is 0.407. The van der Waals surface area contributed by atoms with Crippen molar-refractivity contribution in [3.63, 3.8) is 0 Å². The van der Waals surface area contributed by atoms with E-state index in [4.69, 9.17) is 0 Å². The summed E-state index contributed by atoms with van der Waals surface area (Å²) in [7, 11) is 0. The lowest BCUT2D eigenvalue weighted by atomic mass is 10.1. The van der Waals surface area contributed by atoms with Crippen LogP contribution in [0.3, 0.4) is 0 Å². The summed E-state index contributed by atoms with van der Waals surface area (Å²) in [4.78, 5) is 4.41. The molecule has 2 unspecified atom stereocenters. The SMILES string of the molecule is CCNC(C)c1ccnc(SC(C)CC)c1. The lowest BCUT2D eigenvalue weighted by molar-refractivity contribution is 0.596. The minimum atomic E-state index is 0.407. The monoisotopic (exact) mass is 238 g/mol. The first-order valence-corrected chi connectivity index (χ1v) is 6.91. The number of pyridine rings is 1. The quantitative estimate of drug-likeness (QED) is 0.766. The number of nitrogens with one attached hydrogen (secondary N) is 1. The van der Waals surface area contributed by atoms with Gasteiger partial charge in [0.25, 0.3) is 0 Å². The molecule has 2 atom stereocenters. The van der Waals surface area contributed by atoms with Crippen LogP contribution in [0.4, 0.5) is 0 Å². The van der Waals surface area contributed by atoms with Crippen molar-refractivity contribution in [3.8, 4) is 0 Å². The summed E-state index contributed by atoms with van der Waals surface area (Å²) in [6.07, 6.45) is 3.09. The molecule has 1 heterocycles. The van der Waals surface area contributed by atoms with Crippen LogP contribution in [0.15, 0.2) is 23.4 Å². The highest BCUT2D eigenvalue weighted by Crippen LogP contribution is 2.25. The molecule has 0 aliphatic rings. The van der Waals surface area contributed by atoms with Crippen molar-refractivity contribution >= 4 is 11.8 Å². The standard InChI is InChI=1S/C13H22N2S/c1-5-10(3)16-13-9-12(7-8-15-13)11(4)14-6-2/h7-11,14H,5-6H2,1-4H3. The molecule has 1 aromatic heterocycles. The van der Waals surface area contributed by atoms with Crippen LogP contribution in [0.5, 0.6) is 0 Å². The van der Waals surface area contributed by atoms with Gasteiger partial charge in [-0.3, -0.25) is 0 Å². The van der Waals surface area contributed by atoms with Crippen molar-refractivity contribution in [2.45, 2.75) is 50.4 Å². The van der Waals surface area contributed by atoms with Gasteiger partial charge in [-0.05, 0) is 37.6 Å². The first kappa shape index (κ1) is 13.5. The molecular weight excluding hydrogens is 216 g/mol. The Labute approximate surface area is 103 Å². The summed E-state index contributed by atoms with van der Waals surface area (Å²) in [6, 6.07) is 4.70. The number of hydrogen-bond donors (Lipinski definition) is 1. The van der Waals surface area contributed by atoms with Gasteiger partial charge in [-0.25, -0.2) is 4.98 Å². The third-order valence-corrected chi connectivity index (χ3v) is 3.87. The molecule has 0 fully saturated rings. The van der Waals surface area contributed by atoms with Gasteiger partial charge >= 0.3 is 0 Å². The van der Waals surface area contributed by atoms with Crippen molar-refractivity contribution in [3.05, 3.63) is 23.9 Å². The number of hydrogen-bond acceptors (Lipinski definition) is 3. The third-order valence-electron chi connectivity index (χ3n) is 2.67. The van der Waals surface area contributed by atoms with Gasteiger partial charge in [-0.2, -0.15) is 0 Å². The average Bonchev–Trinajstić information content (AvgIpc) is 2.29. The number of thioether (sulfide) groups is 1. The molecule has 0 bridgehead atoms. The summed E-state index contributed by atoms with van der Waals surface area (Å²) in [5.41, 5.74) is 1.32. The van der Waals surface area contributed by atoms with Gasteiger partial charge in [0.2, 0.25) is 0 Å². The fraction of sp³-hybridized carbons (Fsp3) is 0.615. The summed E-state index contributed by atoms with van der Waals surface area (Å²) in [5.74, 6) is 0. The van der Waals surface area contributed by atoms with E-state index < -0.39 is 0 Å². The zero-order valence-electron chi connectivity index (χ0n) is 10.7. The van der Waals surface area contributed by atoms with E-state index in [1.165, 1.54) is 12.0 Å². The summed E-state index contributed by atoms with van der Waals surface area (Å²) >= 11 is 1.85. The lowest BCUT2D eigenvalue weighted by Gasteiger charge is -2.14. The molecule has 1 aromatic rings. The van der Waals surface area contributed by atoms with Gasteiger partial charge in [-0.15, -0.1) is 11.8 Å². The highest BCUT2D eigenvalue weighted by Gasteiger charge is 2.07. The Kier molecular flexibility index (Phi) is 5.85. The molecule has 0 spiro atoms. The van der Waals surface area contributed by atoms with E-state index in [0.717, 1.165) is 11.6 Å². The number of rotatable bonds is 6. The molecule has 0 saturated heterocycles. The highest BCUT2D eigenvalue weighted by atomic mass is 32.2. The largest absolute Gasteiger partial charge is 0.310 e. The van der Waals surface area contributed by atoms with E-state index >= 15 is 0 Å². The molecule has 2 nitrogen and oxygen atoms in total. The maximum absolute atomic E-state index is 4.41. The predicted molar refractivity (Wildman–Crippen MR) is 71.9 cm³/mol. The molecule has 0 aromatic carbocycles. The van der Waals surface area contributed by atoms with E-state index in [2.05, 4.69) is 50.1 Å².